The standard InChI is InChI=1S/C20H35N5O4/c1-12(2)9-25(18(27)17-13(3)21-23-22-17)16-8-15(14(4)26)10-24(11-16)19(28)29-20(5,6)7/h12,14-16,26H,8-11H2,1-7H3,(H,21,22,23)/p+1. The minimum absolute atomic E-state index is 0.130. The van der Waals surface area contributed by atoms with Crippen molar-refractivity contribution < 1.29 is 24.3 Å². The molecule has 2 amide bonds. The van der Waals surface area contributed by atoms with Gasteiger partial charge in [-0.3, -0.25) is 4.90 Å². The molecule has 164 valence electrons. The van der Waals surface area contributed by atoms with Gasteiger partial charge in [0, 0.05) is 24.8 Å². The van der Waals surface area contributed by atoms with Crippen LogP contribution in [0.5, 0.6) is 0 Å². The van der Waals surface area contributed by atoms with Crippen molar-refractivity contribution in [2.24, 2.45) is 11.8 Å². The van der Waals surface area contributed by atoms with E-state index in [1.54, 1.807) is 18.7 Å². The molecule has 0 aliphatic carbocycles. The Hall–Kier alpha value is -2.00. The highest BCUT2D eigenvalue weighted by molar-refractivity contribution is 5.86. The third kappa shape index (κ3) is 6.24. The molecule has 1 saturated heterocycles. The number of piperidine rings is 1. The smallest absolute Gasteiger partial charge is 0.410 e. The first-order valence-corrected chi connectivity index (χ1v) is 10.3. The number of carbonyl (C=O) groups is 2. The minimum Gasteiger partial charge on any atom is -0.444 e. The number of aliphatic hydroxyl groups excluding tert-OH is 1. The maximum atomic E-state index is 13.3. The fraction of sp³-hybridized carbons (Fsp3) is 0.800. The molecular formula is C20H36N5O4+. The molecule has 4 atom stereocenters. The Kier molecular flexibility index (Phi) is 7.40. The number of ether oxygens (including phenoxy) is 1. The Morgan fingerprint density at radius 3 is 2.41 bits per heavy atom. The van der Waals surface area contributed by atoms with Gasteiger partial charge in [0.25, 0.3) is 0 Å². The average molecular weight is 411 g/mol. The number of H-pyrrole nitrogens is 1. The molecule has 1 fully saturated rings. The van der Waals surface area contributed by atoms with E-state index >= 15 is 0 Å². The number of amides is 2. The second kappa shape index (κ2) is 9.21. The zero-order valence-electron chi connectivity index (χ0n) is 18.7. The SMILES string of the molecule is Cc1n[nH]nc1C(=O)[NH+](CC(C)C)C1CC(C(C)O)CN(C(=O)OC(C)(C)C)C1. The first-order valence-electron chi connectivity index (χ1n) is 10.3. The molecule has 0 spiro atoms. The maximum absolute atomic E-state index is 13.3. The van der Waals surface area contributed by atoms with Crippen LogP contribution in [0, 0.1) is 18.8 Å². The first kappa shape index (κ1) is 23.3. The molecule has 29 heavy (non-hydrogen) atoms. The van der Waals surface area contributed by atoms with E-state index < -0.39 is 17.8 Å². The molecule has 1 aromatic heterocycles. The van der Waals surface area contributed by atoms with Gasteiger partial charge in [-0.1, -0.05) is 13.8 Å². The van der Waals surface area contributed by atoms with Crippen LogP contribution in [0.2, 0.25) is 0 Å². The van der Waals surface area contributed by atoms with Gasteiger partial charge in [-0.25, -0.2) is 9.59 Å². The summed E-state index contributed by atoms with van der Waals surface area (Å²) in [4.78, 5) is 28.4. The molecule has 0 radical (unpaired) electrons. The Morgan fingerprint density at radius 1 is 1.28 bits per heavy atom. The van der Waals surface area contributed by atoms with Crippen molar-refractivity contribution in [1.29, 1.82) is 0 Å². The predicted molar refractivity (Wildman–Crippen MR) is 108 cm³/mol. The number of nitrogens with one attached hydrogen (secondary N) is 2. The molecule has 1 aliphatic rings. The summed E-state index contributed by atoms with van der Waals surface area (Å²) < 4.78 is 5.55. The van der Waals surface area contributed by atoms with Crippen molar-refractivity contribution in [3.05, 3.63) is 11.4 Å². The van der Waals surface area contributed by atoms with E-state index in [4.69, 9.17) is 4.74 Å². The Labute approximate surface area is 172 Å². The largest absolute Gasteiger partial charge is 0.444 e. The van der Waals surface area contributed by atoms with Crippen LogP contribution in [0.15, 0.2) is 0 Å². The summed E-state index contributed by atoms with van der Waals surface area (Å²) in [5.74, 6) is 0.00280. The number of aromatic amines is 1. The summed E-state index contributed by atoms with van der Waals surface area (Å²) in [6.07, 6.45) is -0.365. The van der Waals surface area contributed by atoms with E-state index in [1.165, 1.54) is 0 Å². The topological polar surface area (TPSA) is 113 Å². The summed E-state index contributed by atoms with van der Waals surface area (Å²) in [6, 6.07) is -0.165. The van der Waals surface area contributed by atoms with Gasteiger partial charge in [-0.2, -0.15) is 10.3 Å². The lowest BCUT2D eigenvalue weighted by Gasteiger charge is -2.41. The van der Waals surface area contributed by atoms with Gasteiger partial charge in [0.15, 0.2) is 0 Å². The van der Waals surface area contributed by atoms with Crippen molar-refractivity contribution in [2.75, 3.05) is 19.6 Å². The lowest BCUT2D eigenvalue weighted by molar-refractivity contribution is -0.847. The molecule has 3 N–H and O–H groups in total. The normalized spacial score (nSPS) is 22.4. The zero-order chi connectivity index (χ0) is 21.9. The quantitative estimate of drug-likeness (QED) is 0.662. The van der Waals surface area contributed by atoms with Crippen LogP contribution >= 0.6 is 0 Å². The lowest BCUT2D eigenvalue weighted by Crippen LogP contribution is -3.19. The number of rotatable bonds is 5. The van der Waals surface area contributed by atoms with Gasteiger partial charge in [0.05, 0.1) is 24.9 Å². The number of aromatic nitrogens is 3. The molecule has 9 heteroatoms. The molecule has 2 rings (SSSR count). The number of aliphatic hydroxyl groups is 1. The monoisotopic (exact) mass is 410 g/mol. The van der Waals surface area contributed by atoms with Crippen LogP contribution in [0.1, 0.15) is 64.1 Å². The van der Waals surface area contributed by atoms with E-state index in [9.17, 15) is 14.7 Å². The average Bonchev–Trinajstić information content (AvgIpc) is 3.03. The number of carbonyl (C=O) groups excluding carboxylic acids is 2. The number of hydrogen-bond acceptors (Lipinski definition) is 6. The van der Waals surface area contributed by atoms with Gasteiger partial charge in [0.2, 0.25) is 5.69 Å². The predicted octanol–water partition coefficient (Wildman–Crippen LogP) is 0.801. The maximum Gasteiger partial charge on any atom is 0.410 e. The fourth-order valence-electron chi connectivity index (χ4n) is 3.75. The Balaban J connectivity index is 2.30. The van der Waals surface area contributed by atoms with Crippen molar-refractivity contribution in [3.8, 4) is 0 Å². The number of hydrogen-bond donors (Lipinski definition) is 3. The molecule has 1 aromatic rings. The van der Waals surface area contributed by atoms with Gasteiger partial charge in [-0.15, -0.1) is 5.10 Å². The highest BCUT2D eigenvalue weighted by atomic mass is 16.6. The van der Waals surface area contributed by atoms with Crippen molar-refractivity contribution in [2.45, 2.75) is 72.6 Å². The number of likely N-dealkylation sites (tertiary alicyclic amines) is 1. The first-order chi connectivity index (χ1) is 13.4. The molecule has 9 nitrogen and oxygen atoms in total. The number of quaternary nitrogens is 1. The van der Waals surface area contributed by atoms with E-state index in [2.05, 4.69) is 29.3 Å². The second-order valence-corrected chi connectivity index (χ2v) is 9.53. The van der Waals surface area contributed by atoms with Gasteiger partial charge >= 0.3 is 12.0 Å². The summed E-state index contributed by atoms with van der Waals surface area (Å²) in [7, 11) is 0. The summed E-state index contributed by atoms with van der Waals surface area (Å²) in [6.45, 7) is 14.5. The van der Waals surface area contributed by atoms with Gasteiger partial charge in [-0.05, 0) is 34.6 Å². The van der Waals surface area contributed by atoms with Crippen LogP contribution in [0.3, 0.4) is 0 Å². The van der Waals surface area contributed by atoms with Crippen LogP contribution in [-0.4, -0.2) is 74.8 Å². The van der Waals surface area contributed by atoms with Gasteiger partial charge < -0.3 is 14.7 Å². The number of aryl methyl sites for hydroxylation is 1. The molecular weight excluding hydrogens is 374 g/mol. The van der Waals surface area contributed by atoms with Crippen molar-refractivity contribution in [1.82, 2.24) is 20.3 Å². The highest BCUT2D eigenvalue weighted by Gasteiger charge is 2.42. The van der Waals surface area contributed by atoms with E-state index in [1.807, 2.05) is 20.8 Å². The summed E-state index contributed by atoms with van der Waals surface area (Å²) >= 11 is 0. The summed E-state index contributed by atoms with van der Waals surface area (Å²) in [5, 5.41) is 20.8. The second-order valence-electron chi connectivity index (χ2n) is 9.53. The molecule has 1 aliphatic heterocycles. The van der Waals surface area contributed by atoms with Crippen LogP contribution in [0.4, 0.5) is 4.79 Å². The Bertz CT molecular complexity index is 710. The molecule has 0 aromatic carbocycles. The van der Waals surface area contributed by atoms with Crippen molar-refractivity contribution in [3.63, 3.8) is 0 Å². The van der Waals surface area contributed by atoms with Crippen molar-refractivity contribution >= 4 is 12.0 Å². The molecule has 0 bridgehead atoms. The minimum atomic E-state index is -0.609. The third-order valence-electron chi connectivity index (χ3n) is 5.17. The third-order valence-corrected chi connectivity index (χ3v) is 5.17. The van der Waals surface area contributed by atoms with E-state index in [-0.39, 0.29) is 23.8 Å². The summed E-state index contributed by atoms with van der Waals surface area (Å²) in [5.41, 5.74) is 0.273. The van der Waals surface area contributed by atoms with Gasteiger partial charge in [0.1, 0.15) is 11.6 Å². The van der Waals surface area contributed by atoms with E-state index in [0.29, 0.717) is 37.4 Å². The number of nitrogens with zero attached hydrogens (tertiary/aromatic N) is 3. The zero-order valence-corrected chi connectivity index (χ0v) is 18.7. The van der Waals surface area contributed by atoms with E-state index in [0.717, 1.165) is 4.90 Å². The molecule has 0 saturated carbocycles. The highest BCUT2D eigenvalue weighted by Crippen LogP contribution is 2.22. The van der Waals surface area contributed by atoms with Crippen LogP contribution in [0.25, 0.3) is 0 Å². The lowest BCUT2D eigenvalue weighted by atomic mass is 9.89. The fourth-order valence-corrected chi connectivity index (χ4v) is 3.75. The Morgan fingerprint density at radius 2 is 1.93 bits per heavy atom. The van der Waals surface area contributed by atoms with Crippen LogP contribution < -0.4 is 4.90 Å². The molecule has 4 unspecified atom stereocenters. The molecule has 2 heterocycles. The van der Waals surface area contributed by atoms with Crippen LogP contribution in [-0.2, 0) is 4.74 Å².